The van der Waals surface area contributed by atoms with E-state index < -0.39 is 35.4 Å². The summed E-state index contributed by atoms with van der Waals surface area (Å²) in [7, 11) is 8.21. The van der Waals surface area contributed by atoms with Gasteiger partial charge in [-0.25, -0.2) is 18.3 Å². The van der Waals surface area contributed by atoms with E-state index in [4.69, 9.17) is 8.22 Å². The molecule has 8 rings (SSSR count). The minimum Gasteiger partial charge on any atom is -0.201 e. The molecule has 0 radical (unpaired) electrons. The van der Waals surface area contributed by atoms with Crippen molar-refractivity contribution in [3.8, 4) is 45.0 Å². The lowest BCUT2D eigenvalue weighted by Crippen LogP contribution is -2.33. The third-order valence-electron chi connectivity index (χ3n) is 15.2. The van der Waals surface area contributed by atoms with E-state index in [1.165, 1.54) is 67.0 Å². The van der Waals surface area contributed by atoms with Gasteiger partial charge in [0.15, 0.2) is 24.8 Å². The van der Waals surface area contributed by atoms with Crippen molar-refractivity contribution in [2.75, 3.05) is 0 Å². The van der Waals surface area contributed by atoms with E-state index in [9.17, 15) is 0 Å². The van der Waals surface area contributed by atoms with Gasteiger partial charge in [0.25, 0.3) is 0 Å². The molecule has 0 N–H and O–H groups in total. The average molecular weight is 1190 g/mol. The quantitative estimate of drug-likeness (QED) is 0.121. The van der Waals surface area contributed by atoms with E-state index in [1.807, 2.05) is 148 Å². The molecular weight excluding hydrogens is 1060 g/mol. The van der Waals surface area contributed by atoms with Crippen molar-refractivity contribution < 1.29 is 26.5 Å². The summed E-state index contributed by atoms with van der Waals surface area (Å²) in [6.45, 7) is 50.6. The molecule has 4 heterocycles. The number of aromatic nitrogens is 4. The summed E-state index contributed by atoms with van der Waals surface area (Å²) in [6, 6.07) is 42.3. The van der Waals surface area contributed by atoms with Crippen molar-refractivity contribution in [2.45, 2.75) is 205 Å². The molecule has 0 amide bonds. The van der Waals surface area contributed by atoms with E-state index in [0.717, 1.165) is 52.9 Å². The first-order valence-electron chi connectivity index (χ1n) is 35.1. The van der Waals surface area contributed by atoms with Crippen LogP contribution in [0.1, 0.15) is 200 Å². The minimum absolute atomic E-state index is 0.287. The molecule has 472 valence electrons. The number of aryl methyl sites for hydroxylation is 10. The van der Waals surface area contributed by atoms with E-state index in [-0.39, 0.29) is 5.41 Å². The third kappa shape index (κ3) is 22.5. The summed E-state index contributed by atoms with van der Waals surface area (Å²) in [5.74, 6) is 0. The Morgan fingerprint density at radius 2 is 0.500 bits per heavy atom. The molecule has 0 aliphatic carbocycles. The average Bonchev–Trinajstić information content (AvgIpc) is 0.742. The molecule has 4 aromatic heterocycles. The zero-order chi connectivity index (χ0) is 71.4. The Kier molecular flexibility index (Phi) is 21.1. The summed E-state index contributed by atoms with van der Waals surface area (Å²) < 4.78 is 61.1. The number of nitrogens with zero attached hydrogens (tertiary/aromatic N) is 4. The fourth-order valence-electron chi connectivity index (χ4n) is 11.2. The number of benzene rings is 4. The fraction of sp³-hybridized carbons (Fsp3) is 0.476. The van der Waals surface area contributed by atoms with Crippen LogP contribution in [0.15, 0.2) is 146 Å². The standard InChI is InChI=1S/2C23H34N.2C19H26N/c2*1-17-11-9-10-12-20(17)21-13-18(14-22(2,3)4)19(16-24(21)8)15-23(5,6)7;2*1-14-9-7-8-10-17(14)18-11-15(2)16(13-20(18)6)12-19(3,4)5/h2*9-13,16H,14-15H2,1-8H3;2*7-11,13H,12H2,1-6H3/q4*+1/i14D2,15D2;;12D2;. The van der Waals surface area contributed by atoms with Gasteiger partial charge in [-0.3, -0.25) is 0 Å². The topological polar surface area (TPSA) is 15.5 Å². The molecule has 0 bridgehead atoms. The van der Waals surface area contributed by atoms with Crippen molar-refractivity contribution in [1.82, 2.24) is 0 Å². The Labute approximate surface area is 547 Å². The summed E-state index contributed by atoms with van der Waals surface area (Å²) in [5, 5.41) is 0. The SMILES string of the molecule is Cc1cc(-c2ccccc2C)[n+](C)cc1CC(C)(C)C.Cc1ccccc1-c1cc(CC(C)(C)C)c(CC(C)(C)C)c[n+]1C.[2H]C([2H])(c1c[n+](C)c(-c2ccccc2C)cc1C)C(C)(C)C.[2H]C([2H])(c1cc(-c2ccccc2C)[n+](C)cc1C([2H])([2H])C(C)(C)C)C(C)(C)C. The lowest BCUT2D eigenvalue weighted by molar-refractivity contribution is -0.661. The maximum absolute atomic E-state index is 8.92. The first-order valence-corrected chi connectivity index (χ1v) is 32.1. The Morgan fingerprint density at radius 3 is 0.830 bits per heavy atom. The predicted molar refractivity (Wildman–Crippen MR) is 380 cm³/mol. The second-order valence-corrected chi connectivity index (χ2v) is 31.9. The van der Waals surface area contributed by atoms with Gasteiger partial charge in [0, 0.05) is 77.0 Å². The van der Waals surface area contributed by atoms with Crippen molar-refractivity contribution in [3.05, 3.63) is 213 Å². The summed E-state index contributed by atoms with van der Waals surface area (Å²) in [4.78, 5) is 0. The molecule has 4 nitrogen and oxygen atoms in total. The molecule has 4 aromatic carbocycles. The first-order chi connectivity index (χ1) is 42.8. The highest BCUT2D eigenvalue weighted by atomic mass is 14.9. The second kappa shape index (κ2) is 29.4. The normalized spacial score (nSPS) is 13.6. The van der Waals surface area contributed by atoms with Crippen molar-refractivity contribution in [2.24, 2.45) is 60.7 Å². The number of pyridine rings is 4. The van der Waals surface area contributed by atoms with Crippen LogP contribution in [0, 0.1) is 74.0 Å². The Bertz CT molecular complexity index is 3920. The van der Waals surface area contributed by atoms with Gasteiger partial charge in [0.2, 0.25) is 22.8 Å². The Balaban J connectivity index is 0.000000229. The monoisotopic (exact) mass is 1190 g/mol. The highest BCUT2D eigenvalue weighted by Gasteiger charge is 2.27. The zero-order valence-corrected chi connectivity index (χ0v) is 60.3. The van der Waals surface area contributed by atoms with Gasteiger partial charge in [-0.05, 0) is 181 Å². The van der Waals surface area contributed by atoms with Crippen LogP contribution in [0.25, 0.3) is 45.0 Å². The fourth-order valence-corrected chi connectivity index (χ4v) is 11.2. The van der Waals surface area contributed by atoms with E-state index >= 15 is 0 Å². The molecule has 0 unspecified atom stereocenters. The smallest absolute Gasteiger partial charge is 0.201 e. The van der Waals surface area contributed by atoms with E-state index in [0.29, 0.717) is 22.0 Å². The van der Waals surface area contributed by atoms with Gasteiger partial charge in [-0.2, -0.15) is 0 Å². The number of hydrogen-bond acceptors (Lipinski definition) is 0. The molecule has 0 aliphatic heterocycles. The minimum atomic E-state index is -1.70. The van der Waals surface area contributed by atoms with Crippen LogP contribution in [0.3, 0.4) is 0 Å². The molecule has 0 saturated carbocycles. The zero-order valence-electron chi connectivity index (χ0n) is 66.3. The van der Waals surface area contributed by atoms with E-state index in [1.54, 1.807) is 6.20 Å². The van der Waals surface area contributed by atoms with Crippen molar-refractivity contribution in [1.29, 1.82) is 0 Å². The highest BCUT2D eigenvalue weighted by Crippen LogP contribution is 2.34. The van der Waals surface area contributed by atoms with E-state index in [2.05, 4.69) is 204 Å². The van der Waals surface area contributed by atoms with Gasteiger partial charge >= 0.3 is 0 Å². The van der Waals surface area contributed by atoms with Gasteiger partial charge in [0.05, 0.1) is 0 Å². The second-order valence-electron chi connectivity index (χ2n) is 31.9. The maximum Gasteiger partial charge on any atom is 0.212 e. The van der Waals surface area contributed by atoms with Crippen LogP contribution < -0.4 is 18.3 Å². The lowest BCUT2D eigenvalue weighted by atomic mass is 9.81. The van der Waals surface area contributed by atoms with Crippen molar-refractivity contribution in [3.63, 3.8) is 0 Å². The maximum atomic E-state index is 8.92. The van der Waals surface area contributed by atoms with Crippen molar-refractivity contribution >= 4 is 0 Å². The first kappa shape index (κ1) is 63.1. The summed E-state index contributed by atoms with van der Waals surface area (Å²) >= 11 is 0. The van der Waals surface area contributed by atoms with Crippen LogP contribution in [0.2, 0.25) is 0 Å². The molecular formula is C84H120N4+4. The molecule has 4 heteroatoms. The molecule has 0 fully saturated rings. The van der Waals surface area contributed by atoms with Crippen LogP contribution in [-0.4, -0.2) is 0 Å². The van der Waals surface area contributed by atoms with Gasteiger partial charge in [0.1, 0.15) is 28.2 Å². The van der Waals surface area contributed by atoms with Crippen LogP contribution in [0.5, 0.6) is 0 Å². The Morgan fingerprint density at radius 1 is 0.261 bits per heavy atom. The van der Waals surface area contributed by atoms with Gasteiger partial charge in [-0.1, -0.05) is 197 Å². The van der Waals surface area contributed by atoms with Crippen LogP contribution in [0.4, 0.5) is 0 Å². The molecule has 0 aliphatic rings. The molecule has 8 aromatic rings. The number of hydrogen-bond donors (Lipinski definition) is 0. The number of rotatable bonds is 10. The van der Waals surface area contributed by atoms with Crippen LogP contribution >= 0.6 is 0 Å². The molecule has 0 spiro atoms. The highest BCUT2D eigenvalue weighted by molar-refractivity contribution is 5.64. The Hall–Kier alpha value is -6.52. The third-order valence-corrected chi connectivity index (χ3v) is 15.2. The largest absolute Gasteiger partial charge is 0.212 e. The molecule has 0 atom stereocenters. The molecule has 88 heavy (non-hydrogen) atoms. The van der Waals surface area contributed by atoms with Gasteiger partial charge < -0.3 is 0 Å². The summed E-state index contributed by atoms with van der Waals surface area (Å²) in [5.41, 5.74) is 22.0. The molecule has 0 saturated heterocycles. The lowest BCUT2D eigenvalue weighted by Gasteiger charge is -2.24. The van der Waals surface area contributed by atoms with Gasteiger partial charge in [-0.15, -0.1) is 0 Å². The summed E-state index contributed by atoms with van der Waals surface area (Å²) in [6.07, 6.45) is 6.94. The van der Waals surface area contributed by atoms with Crippen LogP contribution in [-0.2, 0) is 66.6 Å². The predicted octanol–water partition coefficient (Wildman–Crippen LogP) is 20.1.